The van der Waals surface area contributed by atoms with E-state index in [2.05, 4.69) is 33.4 Å². The van der Waals surface area contributed by atoms with Crippen LogP contribution in [-0.2, 0) is 0 Å². The molecule has 1 rings (SSSR count). The number of anilines is 3. The van der Waals surface area contributed by atoms with Gasteiger partial charge in [-0.15, -0.1) is 0 Å². The van der Waals surface area contributed by atoms with Gasteiger partial charge in [0.05, 0.1) is 0 Å². The van der Waals surface area contributed by atoms with E-state index in [0.717, 1.165) is 19.6 Å². The summed E-state index contributed by atoms with van der Waals surface area (Å²) >= 11 is 0. The molecule has 1 aromatic heterocycles. The normalized spacial score (nSPS) is 9.84. The number of nitrogens with zero attached hydrogens (tertiary/aromatic N) is 5. The van der Waals surface area contributed by atoms with Gasteiger partial charge >= 0.3 is 0 Å². The number of hydrogen-bond acceptors (Lipinski definition) is 6. The van der Waals surface area contributed by atoms with Crippen molar-refractivity contribution >= 4 is 17.8 Å². The van der Waals surface area contributed by atoms with Crippen molar-refractivity contribution in [2.45, 2.75) is 20.8 Å². The molecule has 0 aliphatic rings. The summed E-state index contributed by atoms with van der Waals surface area (Å²) in [5.41, 5.74) is 0. The molecule has 0 unspecified atom stereocenters. The first kappa shape index (κ1) is 14.9. The average molecular weight is 262 g/mol. The predicted octanol–water partition coefficient (Wildman–Crippen LogP) is 2.24. The lowest BCUT2D eigenvalue weighted by molar-refractivity contribution is 0.875. The number of rotatable bonds is 8. The van der Waals surface area contributed by atoms with Gasteiger partial charge in [0.1, 0.15) is 0 Å². The summed E-state index contributed by atoms with van der Waals surface area (Å²) in [4.78, 5) is 16.9. The van der Waals surface area contributed by atoms with Crippen molar-refractivity contribution in [2.75, 3.05) is 34.8 Å². The van der Waals surface area contributed by atoms with Gasteiger partial charge in [-0.05, 0) is 33.2 Å². The molecule has 0 saturated heterocycles. The molecule has 0 atom stereocenters. The largest absolute Gasteiger partial charge is 0.354 e. The van der Waals surface area contributed by atoms with Crippen LogP contribution in [0.4, 0.5) is 17.8 Å². The molecular formula is C13H22N6. The van der Waals surface area contributed by atoms with Crippen molar-refractivity contribution < 1.29 is 0 Å². The van der Waals surface area contributed by atoms with E-state index in [9.17, 15) is 0 Å². The monoisotopic (exact) mass is 262 g/mol. The molecule has 0 fully saturated rings. The average Bonchev–Trinajstić information content (AvgIpc) is 2.42. The third-order valence-electron chi connectivity index (χ3n) is 2.58. The minimum Gasteiger partial charge on any atom is -0.354 e. The number of nitrogens with one attached hydrogen (secondary N) is 1. The van der Waals surface area contributed by atoms with Gasteiger partial charge in [0, 0.05) is 19.6 Å². The van der Waals surface area contributed by atoms with Crippen molar-refractivity contribution in [1.82, 2.24) is 15.0 Å². The fourth-order valence-electron chi connectivity index (χ4n) is 1.55. The van der Waals surface area contributed by atoms with E-state index in [1.807, 2.05) is 30.6 Å². The third-order valence-corrected chi connectivity index (χ3v) is 2.58. The second kappa shape index (κ2) is 7.35. The molecule has 0 radical (unpaired) electrons. The van der Waals surface area contributed by atoms with Crippen LogP contribution in [-0.4, -0.2) is 34.6 Å². The minimum absolute atomic E-state index is 0.558. The first-order valence-corrected chi connectivity index (χ1v) is 6.48. The Labute approximate surface area is 114 Å². The van der Waals surface area contributed by atoms with Crippen LogP contribution in [0, 0.1) is 0 Å². The van der Waals surface area contributed by atoms with Crippen molar-refractivity contribution in [3.63, 3.8) is 0 Å². The standard InChI is InChI=1S/C13H22N6/c1-6-14-11-15-12(18(7-2)8-3)17-13(16-11)19(9-4)10-5/h7,9H,2,4,6,8,10H2,1,3,5H3,(H,14,15,16,17). The van der Waals surface area contributed by atoms with E-state index >= 15 is 0 Å². The van der Waals surface area contributed by atoms with Crippen molar-refractivity contribution in [2.24, 2.45) is 0 Å². The highest BCUT2D eigenvalue weighted by Crippen LogP contribution is 2.16. The lowest BCUT2D eigenvalue weighted by atomic mass is 10.5. The Morgan fingerprint density at radius 2 is 1.42 bits per heavy atom. The molecule has 6 heteroatoms. The zero-order valence-electron chi connectivity index (χ0n) is 11.9. The van der Waals surface area contributed by atoms with Crippen molar-refractivity contribution in [3.05, 3.63) is 25.6 Å². The van der Waals surface area contributed by atoms with Crippen LogP contribution in [0.3, 0.4) is 0 Å². The lowest BCUT2D eigenvalue weighted by Crippen LogP contribution is -2.23. The van der Waals surface area contributed by atoms with Crippen molar-refractivity contribution in [3.8, 4) is 0 Å². The van der Waals surface area contributed by atoms with Crippen LogP contribution in [0.15, 0.2) is 25.6 Å². The minimum atomic E-state index is 0.558. The molecule has 1 N–H and O–H groups in total. The van der Waals surface area contributed by atoms with Crippen LogP contribution >= 0.6 is 0 Å². The van der Waals surface area contributed by atoms with Crippen LogP contribution in [0.25, 0.3) is 0 Å². The Kier molecular flexibility index (Phi) is 5.78. The van der Waals surface area contributed by atoms with Crippen LogP contribution in [0.1, 0.15) is 20.8 Å². The summed E-state index contributed by atoms with van der Waals surface area (Å²) in [5.74, 6) is 1.72. The smallest absolute Gasteiger partial charge is 0.236 e. The summed E-state index contributed by atoms with van der Waals surface area (Å²) in [7, 11) is 0. The maximum absolute atomic E-state index is 4.45. The molecule has 104 valence electrons. The van der Waals surface area contributed by atoms with Gasteiger partial charge in [-0.25, -0.2) is 0 Å². The Bertz CT molecular complexity index is 397. The summed E-state index contributed by atoms with van der Waals surface area (Å²) in [6, 6.07) is 0. The zero-order chi connectivity index (χ0) is 14.3. The Balaban J connectivity index is 3.23. The van der Waals surface area contributed by atoms with E-state index in [1.54, 1.807) is 12.4 Å². The number of aromatic nitrogens is 3. The van der Waals surface area contributed by atoms with Gasteiger partial charge in [0.15, 0.2) is 0 Å². The summed E-state index contributed by atoms with van der Waals surface area (Å²) in [6.07, 6.45) is 3.41. The molecule has 1 heterocycles. The Morgan fingerprint density at radius 1 is 0.947 bits per heavy atom. The quantitative estimate of drug-likeness (QED) is 0.775. The topological polar surface area (TPSA) is 57.2 Å². The third kappa shape index (κ3) is 3.67. The number of hydrogen-bond donors (Lipinski definition) is 1. The van der Waals surface area contributed by atoms with Gasteiger partial charge in [0.25, 0.3) is 0 Å². The highest BCUT2D eigenvalue weighted by Gasteiger charge is 2.12. The van der Waals surface area contributed by atoms with E-state index in [1.165, 1.54) is 0 Å². The van der Waals surface area contributed by atoms with Gasteiger partial charge in [0.2, 0.25) is 17.8 Å². The second-order valence-electron chi connectivity index (χ2n) is 3.73. The van der Waals surface area contributed by atoms with Gasteiger partial charge < -0.3 is 15.1 Å². The van der Waals surface area contributed by atoms with Gasteiger partial charge in [-0.2, -0.15) is 15.0 Å². The molecule has 1 aromatic rings. The van der Waals surface area contributed by atoms with E-state index in [0.29, 0.717) is 17.8 Å². The molecule has 19 heavy (non-hydrogen) atoms. The van der Waals surface area contributed by atoms with Crippen LogP contribution < -0.4 is 15.1 Å². The molecule has 0 spiro atoms. The highest BCUT2D eigenvalue weighted by molar-refractivity contribution is 5.47. The predicted molar refractivity (Wildman–Crippen MR) is 80.4 cm³/mol. The van der Waals surface area contributed by atoms with Crippen molar-refractivity contribution in [1.29, 1.82) is 0 Å². The molecule has 0 aliphatic carbocycles. The van der Waals surface area contributed by atoms with Gasteiger partial charge in [-0.3, -0.25) is 0 Å². The lowest BCUT2D eigenvalue weighted by Gasteiger charge is -2.20. The maximum Gasteiger partial charge on any atom is 0.236 e. The Hall–Kier alpha value is -2.11. The maximum atomic E-state index is 4.45. The highest BCUT2D eigenvalue weighted by atomic mass is 15.3. The first-order chi connectivity index (χ1) is 9.19. The van der Waals surface area contributed by atoms with Crippen LogP contribution in [0.5, 0.6) is 0 Å². The SMILES string of the molecule is C=CN(CC)c1nc(NCC)nc(N(C=C)CC)n1. The fourth-order valence-corrected chi connectivity index (χ4v) is 1.55. The van der Waals surface area contributed by atoms with E-state index in [-0.39, 0.29) is 0 Å². The molecule has 0 aromatic carbocycles. The fraction of sp³-hybridized carbons (Fsp3) is 0.462. The summed E-state index contributed by atoms with van der Waals surface area (Å²) in [5, 5.41) is 3.11. The first-order valence-electron chi connectivity index (χ1n) is 6.48. The summed E-state index contributed by atoms with van der Waals surface area (Å²) in [6.45, 7) is 15.8. The molecule has 0 saturated carbocycles. The summed E-state index contributed by atoms with van der Waals surface area (Å²) < 4.78 is 0. The molecule has 0 bridgehead atoms. The molecule has 0 amide bonds. The van der Waals surface area contributed by atoms with Crippen LogP contribution in [0.2, 0.25) is 0 Å². The second-order valence-corrected chi connectivity index (χ2v) is 3.73. The zero-order valence-corrected chi connectivity index (χ0v) is 11.9. The molecular weight excluding hydrogens is 240 g/mol. The van der Waals surface area contributed by atoms with E-state index < -0.39 is 0 Å². The molecule has 0 aliphatic heterocycles. The molecule has 6 nitrogen and oxygen atoms in total. The van der Waals surface area contributed by atoms with E-state index in [4.69, 9.17) is 0 Å². The Morgan fingerprint density at radius 3 is 1.74 bits per heavy atom. The van der Waals surface area contributed by atoms with Gasteiger partial charge in [-0.1, -0.05) is 13.2 Å².